The first-order valence-electron chi connectivity index (χ1n) is 9.74. The second-order valence-electron chi connectivity index (χ2n) is 7.82. The van der Waals surface area contributed by atoms with Gasteiger partial charge in [0.25, 0.3) is 0 Å². The summed E-state index contributed by atoms with van der Waals surface area (Å²) in [5.41, 5.74) is -0.384. The van der Waals surface area contributed by atoms with Gasteiger partial charge in [0.05, 0.1) is 6.54 Å². The number of nitrogens with zero attached hydrogens (tertiary/aromatic N) is 3. The number of hydrogen-bond donors (Lipinski definition) is 0. The van der Waals surface area contributed by atoms with Crippen molar-refractivity contribution in [2.45, 2.75) is 63.1 Å². The maximum absolute atomic E-state index is 13.4. The molecular formula is C18H30F3N3O. The number of rotatable bonds is 3. The number of amides is 1. The highest BCUT2D eigenvalue weighted by molar-refractivity contribution is 5.86. The summed E-state index contributed by atoms with van der Waals surface area (Å²) in [5, 5.41) is 0. The van der Waals surface area contributed by atoms with Gasteiger partial charge in [-0.3, -0.25) is 14.6 Å². The third kappa shape index (κ3) is 4.48. The van der Waals surface area contributed by atoms with Crippen LogP contribution in [0.15, 0.2) is 0 Å². The molecular weight excluding hydrogens is 331 g/mol. The van der Waals surface area contributed by atoms with Gasteiger partial charge in [0.2, 0.25) is 5.91 Å². The van der Waals surface area contributed by atoms with Gasteiger partial charge in [-0.1, -0.05) is 25.7 Å². The Bertz CT molecular complexity index is 449. The number of carbonyl (C=O) groups is 1. The molecule has 2 saturated heterocycles. The lowest BCUT2D eigenvalue weighted by Crippen LogP contribution is -2.64. The molecule has 7 heteroatoms. The molecule has 3 fully saturated rings. The predicted molar refractivity (Wildman–Crippen MR) is 90.3 cm³/mol. The van der Waals surface area contributed by atoms with Crippen molar-refractivity contribution in [1.82, 2.24) is 14.7 Å². The molecule has 0 spiro atoms. The van der Waals surface area contributed by atoms with Crippen molar-refractivity contribution in [1.29, 1.82) is 0 Å². The Morgan fingerprint density at radius 1 is 0.800 bits per heavy atom. The Hall–Kier alpha value is -0.820. The van der Waals surface area contributed by atoms with Crippen LogP contribution in [0.4, 0.5) is 13.2 Å². The smallest absolute Gasteiger partial charge is 0.339 e. The first kappa shape index (κ1) is 19.0. The van der Waals surface area contributed by atoms with Gasteiger partial charge >= 0.3 is 6.18 Å². The number of piperidine rings is 1. The highest BCUT2D eigenvalue weighted by Gasteiger charge is 2.47. The topological polar surface area (TPSA) is 26.8 Å². The number of hydrogen-bond acceptors (Lipinski definition) is 3. The normalized spacial score (nSPS) is 26.6. The summed E-state index contributed by atoms with van der Waals surface area (Å²) in [5.74, 6) is 0.181. The van der Waals surface area contributed by atoms with Crippen molar-refractivity contribution < 1.29 is 18.0 Å². The molecule has 0 unspecified atom stereocenters. The molecule has 0 bridgehead atoms. The third-order valence-corrected chi connectivity index (χ3v) is 6.10. The second-order valence-corrected chi connectivity index (χ2v) is 7.82. The van der Waals surface area contributed by atoms with Crippen LogP contribution in [0.5, 0.6) is 0 Å². The van der Waals surface area contributed by atoms with Crippen LogP contribution in [0.1, 0.15) is 51.4 Å². The zero-order valence-corrected chi connectivity index (χ0v) is 15.0. The summed E-state index contributed by atoms with van der Waals surface area (Å²) in [7, 11) is 0. The van der Waals surface area contributed by atoms with Crippen LogP contribution in [-0.2, 0) is 4.79 Å². The van der Waals surface area contributed by atoms with Gasteiger partial charge in [0.15, 0.2) is 0 Å². The standard InChI is InChI=1S/C18H30F3N3O/c19-18(20,21)15-22-11-13-23(14-12-22)16(25)17(7-3-1-4-8-17)24-9-5-2-6-10-24/h1-15H2. The van der Waals surface area contributed by atoms with E-state index in [1.807, 2.05) is 4.90 Å². The molecule has 3 rings (SSSR count). The molecule has 0 N–H and O–H groups in total. The van der Waals surface area contributed by atoms with Crippen LogP contribution in [0.25, 0.3) is 0 Å². The van der Waals surface area contributed by atoms with Crippen molar-refractivity contribution in [2.75, 3.05) is 45.8 Å². The Kier molecular flexibility index (Phi) is 5.93. The van der Waals surface area contributed by atoms with E-state index in [1.54, 1.807) is 0 Å². The molecule has 1 saturated carbocycles. The fourth-order valence-corrected chi connectivity index (χ4v) is 4.78. The van der Waals surface area contributed by atoms with Gasteiger partial charge in [0.1, 0.15) is 5.54 Å². The Balaban J connectivity index is 1.65. The third-order valence-electron chi connectivity index (χ3n) is 6.10. The van der Waals surface area contributed by atoms with Gasteiger partial charge in [-0.25, -0.2) is 0 Å². The predicted octanol–water partition coefficient (Wildman–Crippen LogP) is 2.88. The van der Waals surface area contributed by atoms with Crippen molar-refractivity contribution >= 4 is 5.91 Å². The van der Waals surface area contributed by atoms with E-state index in [0.29, 0.717) is 26.2 Å². The van der Waals surface area contributed by atoms with Crippen LogP contribution in [0, 0.1) is 0 Å². The summed E-state index contributed by atoms with van der Waals surface area (Å²) in [4.78, 5) is 19.1. The molecule has 0 radical (unpaired) electrons. The van der Waals surface area contributed by atoms with Gasteiger partial charge in [0, 0.05) is 26.2 Å². The number of likely N-dealkylation sites (tertiary alicyclic amines) is 1. The highest BCUT2D eigenvalue weighted by Crippen LogP contribution is 2.37. The number of piperazine rings is 1. The maximum atomic E-state index is 13.4. The van der Waals surface area contributed by atoms with Gasteiger partial charge in [-0.15, -0.1) is 0 Å². The van der Waals surface area contributed by atoms with Crippen molar-refractivity contribution in [3.05, 3.63) is 0 Å². The molecule has 1 aliphatic carbocycles. The van der Waals surface area contributed by atoms with Crippen LogP contribution in [0.3, 0.4) is 0 Å². The summed E-state index contributed by atoms with van der Waals surface area (Å²) in [6.07, 6.45) is 4.53. The fourth-order valence-electron chi connectivity index (χ4n) is 4.78. The quantitative estimate of drug-likeness (QED) is 0.773. The minimum Gasteiger partial charge on any atom is -0.339 e. The SMILES string of the molecule is O=C(N1CCN(CC(F)(F)F)CC1)C1(N2CCCCC2)CCCCC1. The van der Waals surface area contributed by atoms with Crippen molar-refractivity contribution in [3.8, 4) is 0 Å². The average Bonchev–Trinajstić information content (AvgIpc) is 2.62. The molecule has 0 aromatic carbocycles. The number of carbonyl (C=O) groups excluding carboxylic acids is 1. The molecule has 3 aliphatic rings. The van der Waals surface area contributed by atoms with E-state index < -0.39 is 12.7 Å². The zero-order chi connectivity index (χ0) is 17.9. The molecule has 2 aliphatic heterocycles. The first-order chi connectivity index (χ1) is 11.9. The molecule has 25 heavy (non-hydrogen) atoms. The zero-order valence-electron chi connectivity index (χ0n) is 15.0. The van der Waals surface area contributed by atoms with Crippen molar-refractivity contribution in [2.24, 2.45) is 0 Å². The Morgan fingerprint density at radius 3 is 1.92 bits per heavy atom. The van der Waals surface area contributed by atoms with Gasteiger partial charge in [-0.05, 0) is 38.8 Å². The monoisotopic (exact) mass is 361 g/mol. The van der Waals surface area contributed by atoms with Crippen LogP contribution >= 0.6 is 0 Å². The average molecular weight is 361 g/mol. The van der Waals surface area contributed by atoms with E-state index in [2.05, 4.69) is 4.90 Å². The van der Waals surface area contributed by atoms with E-state index in [-0.39, 0.29) is 11.4 Å². The van der Waals surface area contributed by atoms with Crippen LogP contribution < -0.4 is 0 Å². The highest BCUT2D eigenvalue weighted by atomic mass is 19.4. The number of halogens is 3. The van der Waals surface area contributed by atoms with E-state index in [4.69, 9.17) is 0 Å². The van der Waals surface area contributed by atoms with Crippen LogP contribution in [-0.4, -0.2) is 78.1 Å². The molecule has 0 atom stereocenters. The molecule has 0 aromatic heterocycles. The van der Waals surface area contributed by atoms with Crippen LogP contribution in [0.2, 0.25) is 0 Å². The molecule has 144 valence electrons. The lowest BCUT2D eigenvalue weighted by Gasteiger charge is -2.49. The minimum absolute atomic E-state index is 0.181. The van der Waals surface area contributed by atoms with E-state index in [1.165, 1.54) is 17.7 Å². The summed E-state index contributed by atoms with van der Waals surface area (Å²) in [6.45, 7) is 2.59. The summed E-state index contributed by atoms with van der Waals surface area (Å²) in [6, 6.07) is 0. The Morgan fingerprint density at radius 2 is 1.36 bits per heavy atom. The summed E-state index contributed by atoms with van der Waals surface area (Å²) >= 11 is 0. The lowest BCUT2D eigenvalue weighted by atomic mass is 9.78. The van der Waals surface area contributed by atoms with Gasteiger partial charge in [-0.2, -0.15) is 13.2 Å². The second kappa shape index (κ2) is 7.82. The molecule has 0 aromatic rings. The number of alkyl halides is 3. The lowest BCUT2D eigenvalue weighted by molar-refractivity contribution is -0.158. The maximum Gasteiger partial charge on any atom is 0.401 e. The van der Waals surface area contributed by atoms with E-state index in [9.17, 15) is 18.0 Å². The van der Waals surface area contributed by atoms with E-state index >= 15 is 0 Å². The minimum atomic E-state index is -4.16. The molecule has 4 nitrogen and oxygen atoms in total. The Labute approximate surface area is 148 Å². The largest absolute Gasteiger partial charge is 0.401 e. The first-order valence-corrected chi connectivity index (χ1v) is 9.74. The van der Waals surface area contributed by atoms with E-state index in [0.717, 1.165) is 51.6 Å². The van der Waals surface area contributed by atoms with Crippen molar-refractivity contribution in [3.63, 3.8) is 0 Å². The molecule has 2 heterocycles. The molecule has 1 amide bonds. The fraction of sp³-hybridized carbons (Fsp3) is 0.944. The van der Waals surface area contributed by atoms with Gasteiger partial charge < -0.3 is 4.90 Å². The summed E-state index contributed by atoms with van der Waals surface area (Å²) < 4.78 is 37.7.